The van der Waals surface area contributed by atoms with E-state index in [2.05, 4.69) is 72.0 Å². The molecule has 38 heavy (non-hydrogen) atoms. The Morgan fingerprint density at radius 3 is 2.32 bits per heavy atom. The van der Waals surface area contributed by atoms with Crippen molar-refractivity contribution >= 4 is 35.3 Å². The van der Waals surface area contributed by atoms with E-state index in [9.17, 15) is 0 Å². The predicted octanol–water partition coefficient (Wildman–Crippen LogP) is 7.50. The molecule has 0 aliphatic carbocycles. The van der Waals surface area contributed by atoms with Crippen molar-refractivity contribution in [1.82, 2.24) is 15.0 Å². The van der Waals surface area contributed by atoms with Crippen molar-refractivity contribution in [2.24, 2.45) is 0 Å². The van der Waals surface area contributed by atoms with E-state index in [1.54, 1.807) is 12.4 Å². The average Bonchev–Trinajstić information content (AvgIpc) is 3.32. The van der Waals surface area contributed by atoms with E-state index in [0.717, 1.165) is 45.3 Å². The Bertz CT molecular complexity index is 1640. The second kappa shape index (κ2) is 11.9. The van der Waals surface area contributed by atoms with Crippen molar-refractivity contribution in [3.63, 3.8) is 0 Å². The largest absolute Gasteiger partial charge is 0.486 e. The minimum Gasteiger partial charge on any atom is -0.486 e. The van der Waals surface area contributed by atoms with Crippen LogP contribution in [-0.2, 0) is 26.5 Å². The zero-order valence-corrected chi connectivity index (χ0v) is 25.3. The SMILES string of the molecule is CCc1cc(-c2[c-]cccc2)ncc1[Si](C)(C)C.[Ir].[c-]1ccc2c(oc3ncccc32)c1-c1ccccn1. The Hall–Kier alpha value is -3.44. The number of furan rings is 1. The van der Waals surface area contributed by atoms with Gasteiger partial charge in [0.05, 0.1) is 13.7 Å². The van der Waals surface area contributed by atoms with E-state index < -0.39 is 8.07 Å². The smallest absolute Gasteiger partial charge is 0.216 e. The van der Waals surface area contributed by atoms with Crippen molar-refractivity contribution in [3.05, 3.63) is 109 Å². The molecule has 6 rings (SSSR count). The van der Waals surface area contributed by atoms with Crippen LogP contribution in [0.2, 0.25) is 19.6 Å². The molecule has 193 valence electrons. The summed E-state index contributed by atoms with van der Waals surface area (Å²) in [5, 5.41) is 3.54. The number of nitrogens with zero attached hydrogens (tertiary/aromatic N) is 3. The Balaban J connectivity index is 0.000000173. The molecule has 1 radical (unpaired) electrons. The van der Waals surface area contributed by atoms with Gasteiger partial charge in [-0.05, 0) is 41.2 Å². The second-order valence-corrected chi connectivity index (χ2v) is 14.9. The van der Waals surface area contributed by atoms with Crippen LogP contribution in [-0.4, -0.2) is 23.0 Å². The number of rotatable bonds is 4. The fraction of sp³-hybridized carbons (Fsp3) is 0.156. The molecule has 6 heteroatoms. The molecular formula is C32H29IrN3OSi-2. The van der Waals surface area contributed by atoms with Crippen LogP contribution in [0.5, 0.6) is 0 Å². The van der Waals surface area contributed by atoms with E-state index in [-0.39, 0.29) is 20.1 Å². The number of hydrogen-bond donors (Lipinski definition) is 0. The molecule has 0 N–H and O–H groups in total. The van der Waals surface area contributed by atoms with Crippen molar-refractivity contribution in [2.45, 2.75) is 33.0 Å². The van der Waals surface area contributed by atoms with Gasteiger partial charge in [-0.1, -0.05) is 61.3 Å². The van der Waals surface area contributed by atoms with Gasteiger partial charge in [0.25, 0.3) is 0 Å². The Morgan fingerprint density at radius 2 is 1.61 bits per heavy atom. The van der Waals surface area contributed by atoms with Gasteiger partial charge in [-0.15, -0.1) is 54.1 Å². The zero-order chi connectivity index (χ0) is 25.8. The molecule has 2 aromatic carbocycles. The summed E-state index contributed by atoms with van der Waals surface area (Å²) in [6.07, 6.45) is 6.65. The van der Waals surface area contributed by atoms with Gasteiger partial charge in [0.15, 0.2) is 0 Å². The van der Waals surface area contributed by atoms with Gasteiger partial charge < -0.3 is 14.4 Å². The zero-order valence-electron chi connectivity index (χ0n) is 22.0. The van der Waals surface area contributed by atoms with E-state index in [0.29, 0.717) is 5.71 Å². The van der Waals surface area contributed by atoms with Crippen LogP contribution in [0.1, 0.15) is 12.5 Å². The Labute approximate surface area is 238 Å². The summed E-state index contributed by atoms with van der Waals surface area (Å²) in [7, 11) is -1.30. The van der Waals surface area contributed by atoms with E-state index in [1.165, 1.54) is 10.8 Å². The molecule has 4 aromatic heterocycles. The monoisotopic (exact) mass is 692 g/mol. The molecule has 0 saturated carbocycles. The Morgan fingerprint density at radius 1 is 0.789 bits per heavy atom. The van der Waals surface area contributed by atoms with Crippen LogP contribution in [0.25, 0.3) is 44.6 Å². The first kappa shape index (κ1) is 27.6. The molecule has 0 fully saturated rings. The first-order valence-corrected chi connectivity index (χ1v) is 16.0. The third-order valence-electron chi connectivity index (χ3n) is 6.29. The van der Waals surface area contributed by atoms with Gasteiger partial charge in [-0.3, -0.25) is 0 Å². The van der Waals surface area contributed by atoms with Gasteiger partial charge >= 0.3 is 0 Å². The van der Waals surface area contributed by atoms with E-state index >= 15 is 0 Å². The summed E-state index contributed by atoms with van der Waals surface area (Å²) in [5.74, 6) is 0. The maximum absolute atomic E-state index is 5.86. The Kier molecular flexibility index (Phi) is 8.68. The van der Waals surface area contributed by atoms with Gasteiger partial charge in [0.1, 0.15) is 0 Å². The first-order valence-electron chi connectivity index (χ1n) is 12.5. The summed E-state index contributed by atoms with van der Waals surface area (Å²) in [6.45, 7) is 9.34. The van der Waals surface area contributed by atoms with Crippen molar-refractivity contribution in [2.75, 3.05) is 0 Å². The van der Waals surface area contributed by atoms with E-state index in [4.69, 9.17) is 4.42 Å². The van der Waals surface area contributed by atoms with Crippen molar-refractivity contribution in [3.8, 4) is 22.5 Å². The minimum atomic E-state index is -1.30. The maximum Gasteiger partial charge on any atom is 0.216 e. The average molecular weight is 692 g/mol. The molecule has 0 unspecified atom stereocenters. The quantitative estimate of drug-likeness (QED) is 0.142. The van der Waals surface area contributed by atoms with Crippen molar-refractivity contribution < 1.29 is 24.5 Å². The van der Waals surface area contributed by atoms with Gasteiger partial charge in [0, 0.05) is 44.1 Å². The van der Waals surface area contributed by atoms with Crippen LogP contribution in [0.4, 0.5) is 0 Å². The normalized spacial score (nSPS) is 11.1. The van der Waals surface area contributed by atoms with Crippen LogP contribution in [0.15, 0.2) is 95.8 Å². The summed E-state index contributed by atoms with van der Waals surface area (Å²) in [5.41, 5.74) is 6.72. The van der Waals surface area contributed by atoms with Crippen LogP contribution >= 0.6 is 0 Å². The fourth-order valence-electron chi connectivity index (χ4n) is 4.44. The summed E-state index contributed by atoms with van der Waals surface area (Å²) >= 11 is 0. The molecule has 4 heterocycles. The number of aromatic nitrogens is 3. The number of benzene rings is 2. The molecular weight excluding hydrogens is 663 g/mol. The molecule has 6 aromatic rings. The van der Waals surface area contributed by atoms with Crippen molar-refractivity contribution in [1.29, 1.82) is 0 Å². The summed E-state index contributed by atoms with van der Waals surface area (Å²) in [4.78, 5) is 13.2. The van der Waals surface area contributed by atoms with Gasteiger partial charge in [-0.2, -0.15) is 0 Å². The molecule has 0 saturated heterocycles. The van der Waals surface area contributed by atoms with Gasteiger partial charge in [-0.25, -0.2) is 4.98 Å². The van der Waals surface area contributed by atoms with Crippen LogP contribution in [0, 0.1) is 12.1 Å². The topological polar surface area (TPSA) is 51.8 Å². The standard InChI is InChI=1S/C16H9N2O.C16H20NSi.Ir/c1-2-9-17-14(8-1)13-6-3-5-11-12-7-4-10-18-16(12)19-15(11)13;1-5-13-11-15(14-9-7-6-8-10-14)17-12-16(13)18(2,3)4;/h1-5,7-10H;6-9,11-12H,5H2,1-4H3;/q2*-1;. The third kappa shape index (κ3) is 5.83. The molecule has 0 aliphatic rings. The number of hydrogen-bond acceptors (Lipinski definition) is 4. The molecule has 4 nitrogen and oxygen atoms in total. The third-order valence-corrected chi connectivity index (χ3v) is 8.36. The second-order valence-electron chi connectivity index (χ2n) is 9.88. The molecule has 0 aliphatic heterocycles. The fourth-order valence-corrected chi connectivity index (χ4v) is 6.11. The van der Waals surface area contributed by atoms with E-state index in [1.807, 2.05) is 60.7 Å². The summed E-state index contributed by atoms with van der Waals surface area (Å²) < 4.78 is 5.86. The minimum absolute atomic E-state index is 0. The molecule has 0 spiro atoms. The summed E-state index contributed by atoms with van der Waals surface area (Å²) in [6, 6.07) is 30.3. The first-order chi connectivity index (χ1) is 18.0. The van der Waals surface area contributed by atoms with Crippen LogP contribution < -0.4 is 5.19 Å². The molecule has 0 atom stereocenters. The van der Waals surface area contributed by atoms with Crippen LogP contribution in [0.3, 0.4) is 0 Å². The number of fused-ring (bicyclic) bond motifs is 3. The van der Waals surface area contributed by atoms with Gasteiger partial charge in [0.2, 0.25) is 5.71 Å². The maximum atomic E-state index is 5.86. The molecule has 0 amide bonds. The molecule has 0 bridgehead atoms. The number of pyridine rings is 3. The predicted molar refractivity (Wildman–Crippen MR) is 154 cm³/mol. The number of aryl methyl sites for hydroxylation is 1.